The maximum absolute atomic E-state index is 12.0. The molecule has 128 valence electrons. The van der Waals surface area contributed by atoms with Crippen LogP contribution in [-0.4, -0.2) is 65.2 Å². The van der Waals surface area contributed by atoms with Crippen molar-refractivity contribution in [3.63, 3.8) is 0 Å². The number of aliphatic hydroxyl groups is 1. The summed E-state index contributed by atoms with van der Waals surface area (Å²) in [7, 11) is -3.30. The van der Waals surface area contributed by atoms with Crippen LogP contribution >= 0.6 is 11.6 Å². The number of piperidine rings is 1. The molecule has 1 aromatic rings. The highest BCUT2D eigenvalue weighted by atomic mass is 35.5. The highest BCUT2D eigenvalue weighted by molar-refractivity contribution is 7.88. The van der Waals surface area contributed by atoms with E-state index in [1.807, 2.05) is 6.07 Å². The van der Waals surface area contributed by atoms with Crippen LogP contribution in [0.5, 0.6) is 0 Å². The fourth-order valence-corrected chi connectivity index (χ4v) is 5.39. The van der Waals surface area contributed by atoms with E-state index in [4.69, 9.17) is 11.6 Å². The second-order valence-corrected chi connectivity index (χ2v) is 8.85. The second-order valence-electron chi connectivity index (χ2n) is 6.51. The minimum atomic E-state index is -3.30. The van der Waals surface area contributed by atoms with Gasteiger partial charge in [0.2, 0.25) is 10.0 Å². The number of aromatic nitrogens is 1. The lowest BCUT2D eigenvalue weighted by atomic mass is 9.83. The van der Waals surface area contributed by atoms with E-state index in [1.165, 1.54) is 10.6 Å². The topological polar surface area (TPSA) is 73.7 Å². The molecule has 0 saturated carbocycles. The number of hydrogen-bond acceptors (Lipinski definition) is 5. The molecule has 2 aliphatic heterocycles. The zero-order chi connectivity index (χ0) is 16.7. The summed E-state index contributed by atoms with van der Waals surface area (Å²) in [5.74, 6) is 0. The zero-order valence-electron chi connectivity index (χ0n) is 13.2. The van der Waals surface area contributed by atoms with E-state index < -0.39 is 21.7 Å². The SMILES string of the molecule is CS(=O)(=O)N1CCC[C@@]12CCN(Cc1ccc(Cl)cn1)C[C@@H]2O. The van der Waals surface area contributed by atoms with Crippen molar-refractivity contribution >= 4 is 21.6 Å². The first-order valence-electron chi connectivity index (χ1n) is 7.80. The molecule has 0 bridgehead atoms. The lowest BCUT2D eigenvalue weighted by Gasteiger charge is -2.47. The molecule has 1 N–H and O–H groups in total. The number of pyridine rings is 1. The van der Waals surface area contributed by atoms with Crippen LogP contribution in [0, 0.1) is 0 Å². The van der Waals surface area contributed by atoms with Gasteiger partial charge in [0, 0.05) is 32.4 Å². The smallest absolute Gasteiger partial charge is 0.211 e. The third kappa shape index (κ3) is 3.39. The maximum atomic E-state index is 12.0. The molecule has 0 amide bonds. The number of sulfonamides is 1. The van der Waals surface area contributed by atoms with E-state index in [0.29, 0.717) is 31.1 Å². The molecule has 1 aromatic heterocycles. The van der Waals surface area contributed by atoms with Gasteiger partial charge < -0.3 is 5.11 Å². The number of aliphatic hydroxyl groups excluding tert-OH is 1. The molecule has 1 spiro atoms. The average Bonchev–Trinajstić information content (AvgIpc) is 2.91. The Morgan fingerprint density at radius 2 is 2.17 bits per heavy atom. The Labute approximate surface area is 142 Å². The molecule has 2 fully saturated rings. The van der Waals surface area contributed by atoms with Crippen LogP contribution in [-0.2, 0) is 16.6 Å². The second kappa shape index (κ2) is 6.29. The summed E-state index contributed by atoms with van der Waals surface area (Å²) in [5.41, 5.74) is 0.265. The molecule has 0 aliphatic carbocycles. The van der Waals surface area contributed by atoms with Gasteiger partial charge in [-0.2, -0.15) is 4.31 Å². The summed E-state index contributed by atoms with van der Waals surface area (Å²) in [5, 5.41) is 11.3. The summed E-state index contributed by atoms with van der Waals surface area (Å²) in [4.78, 5) is 6.40. The number of halogens is 1. The normalized spacial score (nSPS) is 30.1. The zero-order valence-corrected chi connectivity index (χ0v) is 14.7. The van der Waals surface area contributed by atoms with Crippen molar-refractivity contribution in [3.8, 4) is 0 Å². The number of rotatable bonds is 3. The molecule has 2 saturated heterocycles. The van der Waals surface area contributed by atoms with Gasteiger partial charge >= 0.3 is 0 Å². The van der Waals surface area contributed by atoms with E-state index in [9.17, 15) is 13.5 Å². The lowest BCUT2D eigenvalue weighted by Crippen LogP contribution is -2.62. The Kier molecular flexibility index (Phi) is 4.68. The van der Waals surface area contributed by atoms with Gasteiger partial charge in [-0.05, 0) is 31.4 Å². The van der Waals surface area contributed by atoms with Crippen LogP contribution < -0.4 is 0 Å². The summed E-state index contributed by atoms with van der Waals surface area (Å²) < 4.78 is 25.6. The van der Waals surface area contributed by atoms with Crippen LogP contribution in [0.25, 0.3) is 0 Å². The van der Waals surface area contributed by atoms with E-state index in [2.05, 4.69) is 9.88 Å². The maximum Gasteiger partial charge on any atom is 0.211 e. The van der Waals surface area contributed by atoms with Crippen LogP contribution in [0.15, 0.2) is 18.3 Å². The minimum absolute atomic E-state index is 0.455. The Bertz CT molecular complexity index is 667. The summed E-state index contributed by atoms with van der Waals surface area (Å²) in [6, 6.07) is 3.67. The minimum Gasteiger partial charge on any atom is -0.390 e. The fraction of sp³-hybridized carbons (Fsp3) is 0.667. The molecule has 0 radical (unpaired) electrons. The van der Waals surface area contributed by atoms with Gasteiger partial charge in [0.25, 0.3) is 0 Å². The van der Waals surface area contributed by atoms with Crippen molar-refractivity contribution in [2.75, 3.05) is 25.9 Å². The van der Waals surface area contributed by atoms with Crippen LogP contribution in [0.2, 0.25) is 5.02 Å². The predicted molar refractivity (Wildman–Crippen MR) is 88.7 cm³/mol. The summed E-state index contributed by atoms with van der Waals surface area (Å²) in [6.07, 6.45) is 4.35. The quantitative estimate of drug-likeness (QED) is 0.874. The number of hydrogen-bond donors (Lipinski definition) is 1. The fourth-order valence-electron chi connectivity index (χ4n) is 3.85. The van der Waals surface area contributed by atoms with Crippen molar-refractivity contribution in [3.05, 3.63) is 29.0 Å². The molecular formula is C15H22ClN3O3S. The van der Waals surface area contributed by atoms with E-state index in [-0.39, 0.29) is 0 Å². The van der Waals surface area contributed by atoms with E-state index in [0.717, 1.165) is 25.1 Å². The molecule has 3 rings (SSSR count). The lowest BCUT2D eigenvalue weighted by molar-refractivity contribution is -0.0382. The van der Waals surface area contributed by atoms with Crippen molar-refractivity contribution in [1.29, 1.82) is 0 Å². The monoisotopic (exact) mass is 359 g/mol. The Hall–Kier alpha value is -0.730. The molecule has 0 aromatic carbocycles. The van der Waals surface area contributed by atoms with Crippen molar-refractivity contribution < 1.29 is 13.5 Å². The number of nitrogens with zero attached hydrogens (tertiary/aromatic N) is 3. The highest BCUT2D eigenvalue weighted by Crippen LogP contribution is 2.40. The van der Waals surface area contributed by atoms with Crippen LogP contribution in [0.4, 0.5) is 0 Å². The standard InChI is InChI=1S/C15H22ClN3O3S/c1-23(21,22)19-7-2-5-15(19)6-8-18(11-14(15)20)10-13-4-3-12(16)9-17-13/h3-4,9,14,20H,2,5-8,10-11H2,1H3/t14-,15-/m0/s1. The molecule has 6 nitrogen and oxygen atoms in total. The Morgan fingerprint density at radius 1 is 1.39 bits per heavy atom. The Balaban J connectivity index is 1.71. The predicted octanol–water partition coefficient (Wildman–Crippen LogP) is 1.10. The molecule has 3 heterocycles. The highest BCUT2D eigenvalue weighted by Gasteiger charge is 2.52. The van der Waals surface area contributed by atoms with Gasteiger partial charge in [-0.25, -0.2) is 8.42 Å². The molecule has 0 unspecified atom stereocenters. The van der Waals surface area contributed by atoms with Gasteiger partial charge in [-0.3, -0.25) is 9.88 Å². The third-order valence-corrected chi connectivity index (χ3v) is 6.52. The van der Waals surface area contributed by atoms with Crippen LogP contribution in [0.1, 0.15) is 25.0 Å². The molecule has 8 heteroatoms. The van der Waals surface area contributed by atoms with Crippen LogP contribution in [0.3, 0.4) is 0 Å². The third-order valence-electron chi connectivity index (χ3n) is 4.95. The number of likely N-dealkylation sites (tertiary alicyclic amines) is 1. The molecular weight excluding hydrogens is 338 g/mol. The molecule has 2 atom stereocenters. The summed E-state index contributed by atoms with van der Waals surface area (Å²) in [6.45, 7) is 2.33. The van der Waals surface area contributed by atoms with Crippen molar-refractivity contribution in [2.24, 2.45) is 0 Å². The van der Waals surface area contributed by atoms with Crippen molar-refractivity contribution in [1.82, 2.24) is 14.2 Å². The first-order chi connectivity index (χ1) is 10.8. The van der Waals surface area contributed by atoms with Crippen molar-refractivity contribution in [2.45, 2.75) is 37.5 Å². The van der Waals surface area contributed by atoms with Gasteiger partial charge in [0.1, 0.15) is 0 Å². The first kappa shape index (κ1) is 17.1. The van der Waals surface area contributed by atoms with E-state index in [1.54, 1.807) is 12.3 Å². The summed E-state index contributed by atoms with van der Waals surface area (Å²) >= 11 is 5.84. The van der Waals surface area contributed by atoms with Gasteiger partial charge in [0.05, 0.1) is 28.6 Å². The van der Waals surface area contributed by atoms with Gasteiger partial charge in [0.15, 0.2) is 0 Å². The molecule has 23 heavy (non-hydrogen) atoms. The largest absolute Gasteiger partial charge is 0.390 e. The number of β-amino-alcohol motifs (C(OH)–C–C–N with tert-alkyl or cyclic N) is 1. The molecule has 2 aliphatic rings. The average molecular weight is 360 g/mol. The first-order valence-corrected chi connectivity index (χ1v) is 10.0. The van der Waals surface area contributed by atoms with Gasteiger partial charge in [-0.1, -0.05) is 11.6 Å². The Morgan fingerprint density at radius 3 is 2.78 bits per heavy atom. The van der Waals surface area contributed by atoms with Gasteiger partial charge in [-0.15, -0.1) is 0 Å². The van der Waals surface area contributed by atoms with E-state index >= 15 is 0 Å².